The average Bonchev–Trinajstić information content (AvgIpc) is 3.11. The van der Waals surface area contributed by atoms with Gasteiger partial charge in [-0.1, -0.05) is 0 Å². The van der Waals surface area contributed by atoms with Crippen LogP contribution in [0.3, 0.4) is 0 Å². The summed E-state index contributed by atoms with van der Waals surface area (Å²) in [6, 6.07) is 1.63. The molecule has 2 rings (SSSR count). The van der Waals surface area contributed by atoms with Crippen LogP contribution >= 0.6 is 0 Å². The smallest absolute Gasteiger partial charge is 0.234 e. The number of carbonyl (C=O) groups is 1. The van der Waals surface area contributed by atoms with Crippen LogP contribution in [0, 0.1) is 0 Å². The Hall–Kier alpha value is -0.610. The molecule has 1 saturated heterocycles. The number of nitrogens with one attached hydrogen (secondary N) is 2. The molecule has 17 heavy (non-hydrogen) atoms. The first kappa shape index (κ1) is 12.8. The molecule has 1 aliphatic heterocycles. The van der Waals surface area contributed by atoms with Crippen LogP contribution in [0.4, 0.5) is 0 Å². The third-order valence-electron chi connectivity index (χ3n) is 3.75. The maximum Gasteiger partial charge on any atom is 0.234 e. The Labute approximate surface area is 104 Å². The molecule has 0 radical (unpaired) electrons. The molecule has 1 amide bonds. The fourth-order valence-corrected chi connectivity index (χ4v) is 2.36. The highest BCUT2D eigenvalue weighted by Gasteiger charge is 2.24. The number of piperidine rings is 1. The van der Waals surface area contributed by atoms with E-state index >= 15 is 0 Å². The van der Waals surface area contributed by atoms with E-state index < -0.39 is 0 Å². The first-order valence-corrected chi connectivity index (χ1v) is 6.92. The van der Waals surface area contributed by atoms with Crippen LogP contribution in [-0.4, -0.2) is 48.6 Å². The SMILES string of the molecule is CC(C)N1CCC(NC(=O)CNC2CC2)CC1. The zero-order valence-corrected chi connectivity index (χ0v) is 11.0. The van der Waals surface area contributed by atoms with E-state index in [1.54, 1.807) is 0 Å². The van der Waals surface area contributed by atoms with Crippen molar-refractivity contribution in [2.75, 3.05) is 19.6 Å². The molecule has 0 unspecified atom stereocenters. The second-order valence-corrected chi connectivity index (χ2v) is 5.63. The zero-order chi connectivity index (χ0) is 12.3. The Morgan fingerprint density at radius 1 is 1.18 bits per heavy atom. The van der Waals surface area contributed by atoms with Crippen LogP contribution in [-0.2, 0) is 4.79 Å². The molecule has 4 nitrogen and oxygen atoms in total. The van der Waals surface area contributed by atoms with Gasteiger partial charge in [0.2, 0.25) is 5.91 Å². The minimum Gasteiger partial charge on any atom is -0.352 e. The first-order valence-electron chi connectivity index (χ1n) is 6.92. The number of hydrogen-bond donors (Lipinski definition) is 2. The van der Waals surface area contributed by atoms with Crippen LogP contribution in [0.2, 0.25) is 0 Å². The Balaban J connectivity index is 1.61. The summed E-state index contributed by atoms with van der Waals surface area (Å²) in [6.45, 7) is 7.18. The molecule has 0 bridgehead atoms. The highest BCUT2D eigenvalue weighted by Crippen LogP contribution is 2.18. The lowest BCUT2D eigenvalue weighted by atomic mass is 10.0. The van der Waals surface area contributed by atoms with Gasteiger partial charge in [-0.3, -0.25) is 4.79 Å². The molecule has 98 valence electrons. The monoisotopic (exact) mass is 239 g/mol. The van der Waals surface area contributed by atoms with Gasteiger partial charge < -0.3 is 15.5 Å². The summed E-state index contributed by atoms with van der Waals surface area (Å²) in [5.41, 5.74) is 0. The molecule has 1 heterocycles. The molecule has 0 atom stereocenters. The molecule has 4 heteroatoms. The van der Waals surface area contributed by atoms with Gasteiger partial charge in [0, 0.05) is 31.2 Å². The average molecular weight is 239 g/mol. The fraction of sp³-hybridized carbons (Fsp3) is 0.923. The van der Waals surface area contributed by atoms with Gasteiger partial charge in [0.05, 0.1) is 6.54 Å². The van der Waals surface area contributed by atoms with Gasteiger partial charge in [-0.2, -0.15) is 0 Å². The maximum atomic E-state index is 11.7. The molecule has 0 aromatic rings. The lowest BCUT2D eigenvalue weighted by Crippen LogP contribution is -2.48. The van der Waals surface area contributed by atoms with E-state index in [0.717, 1.165) is 25.9 Å². The molecule has 0 spiro atoms. The third kappa shape index (κ3) is 4.28. The largest absolute Gasteiger partial charge is 0.352 e. The van der Waals surface area contributed by atoms with Crippen molar-refractivity contribution in [3.05, 3.63) is 0 Å². The van der Waals surface area contributed by atoms with Crippen molar-refractivity contribution in [1.82, 2.24) is 15.5 Å². The van der Waals surface area contributed by atoms with Gasteiger partial charge in [0.15, 0.2) is 0 Å². The first-order chi connectivity index (χ1) is 8.15. The molecule has 0 aromatic carbocycles. The Bertz CT molecular complexity index is 255. The number of likely N-dealkylation sites (tertiary alicyclic amines) is 1. The van der Waals surface area contributed by atoms with Crippen molar-refractivity contribution in [3.63, 3.8) is 0 Å². The summed E-state index contributed by atoms with van der Waals surface area (Å²) in [6.07, 6.45) is 4.65. The molecule has 2 fully saturated rings. The van der Waals surface area contributed by atoms with E-state index in [2.05, 4.69) is 29.4 Å². The van der Waals surface area contributed by atoms with Gasteiger partial charge >= 0.3 is 0 Å². The van der Waals surface area contributed by atoms with E-state index in [9.17, 15) is 4.79 Å². The second-order valence-electron chi connectivity index (χ2n) is 5.63. The fourth-order valence-electron chi connectivity index (χ4n) is 2.36. The minimum atomic E-state index is 0.167. The predicted octanol–water partition coefficient (Wildman–Crippen LogP) is 0.727. The molecule has 2 N–H and O–H groups in total. The number of amides is 1. The van der Waals surface area contributed by atoms with Gasteiger partial charge in [0.1, 0.15) is 0 Å². The highest BCUT2D eigenvalue weighted by molar-refractivity contribution is 5.78. The summed E-state index contributed by atoms with van der Waals surface area (Å²) >= 11 is 0. The predicted molar refractivity (Wildman–Crippen MR) is 68.9 cm³/mol. The molecule has 0 aromatic heterocycles. The quantitative estimate of drug-likeness (QED) is 0.743. The Morgan fingerprint density at radius 3 is 2.35 bits per heavy atom. The normalized spacial score (nSPS) is 23.0. The molecule has 1 aliphatic carbocycles. The Morgan fingerprint density at radius 2 is 1.82 bits per heavy atom. The number of nitrogens with zero attached hydrogens (tertiary/aromatic N) is 1. The molecular formula is C13H25N3O. The summed E-state index contributed by atoms with van der Waals surface area (Å²) in [7, 11) is 0. The molecular weight excluding hydrogens is 214 g/mol. The van der Waals surface area contributed by atoms with Crippen LogP contribution in [0.15, 0.2) is 0 Å². The second kappa shape index (κ2) is 5.83. The zero-order valence-electron chi connectivity index (χ0n) is 11.0. The van der Waals surface area contributed by atoms with Crippen molar-refractivity contribution >= 4 is 5.91 Å². The van der Waals surface area contributed by atoms with Gasteiger partial charge in [-0.25, -0.2) is 0 Å². The summed E-state index contributed by atoms with van der Waals surface area (Å²) in [5.74, 6) is 0.167. The lowest BCUT2D eigenvalue weighted by Gasteiger charge is -2.34. The summed E-state index contributed by atoms with van der Waals surface area (Å²) in [4.78, 5) is 14.1. The van der Waals surface area contributed by atoms with Crippen LogP contribution in [0.25, 0.3) is 0 Å². The summed E-state index contributed by atoms with van der Waals surface area (Å²) < 4.78 is 0. The van der Waals surface area contributed by atoms with Gasteiger partial charge in [0.25, 0.3) is 0 Å². The van der Waals surface area contributed by atoms with Crippen LogP contribution in [0.5, 0.6) is 0 Å². The maximum absolute atomic E-state index is 11.7. The van der Waals surface area contributed by atoms with Crippen molar-refractivity contribution < 1.29 is 4.79 Å². The van der Waals surface area contributed by atoms with Crippen molar-refractivity contribution in [2.45, 2.75) is 57.7 Å². The van der Waals surface area contributed by atoms with Crippen molar-refractivity contribution in [2.24, 2.45) is 0 Å². The van der Waals surface area contributed by atoms with Crippen molar-refractivity contribution in [1.29, 1.82) is 0 Å². The van der Waals surface area contributed by atoms with Gasteiger partial charge in [-0.05, 0) is 39.5 Å². The van der Waals surface area contributed by atoms with Crippen LogP contribution in [0.1, 0.15) is 39.5 Å². The number of carbonyl (C=O) groups excluding carboxylic acids is 1. The molecule has 2 aliphatic rings. The van der Waals surface area contributed by atoms with E-state index in [1.807, 2.05) is 0 Å². The number of hydrogen-bond acceptors (Lipinski definition) is 3. The van der Waals surface area contributed by atoms with E-state index in [0.29, 0.717) is 24.7 Å². The minimum absolute atomic E-state index is 0.167. The van der Waals surface area contributed by atoms with E-state index in [1.165, 1.54) is 12.8 Å². The third-order valence-corrected chi connectivity index (χ3v) is 3.75. The van der Waals surface area contributed by atoms with E-state index in [4.69, 9.17) is 0 Å². The topological polar surface area (TPSA) is 44.4 Å². The van der Waals surface area contributed by atoms with Crippen LogP contribution < -0.4 is 10.6 Å². The standard InChI is InChI=1S/C13H25N3O/c1-10(2)16-7-5-12(6-8-16)15-13(17)9-14-11-3-4-11/h10-12,14H,3-9H2,1-2H3,(H,15,17). The van der Waals surface area contributed by atoms with Gasteiger partial charge in [-0.15, -0.1) is 0 Å². The highest BCUT2D eigenvalue weighted by atomic mass is 16.2. The van der Waals surface area contributed by atoms with Crippen molar-refractivity contribution in [3.8, 4) is 0 Å². The lowest BCUT2D eigenvalue weighted by molar-refractivity contribution is -0.121. The van der Waals surface area contributed by atoms with E-state index in [-0.39, 0.29) is 5.91 Å². The summed E-state index contributed by atoms with van der Waals surface area (Å²) in [5, 5.41) is 6.38. The Kier molecular flexibility index (Phi) is 4.40. The number of rotatable bonds is 5. The molecule has 1 saturated carbocycles.